The second-order valence-corrected chi connectivity index (χ2v) is 9.55. The first-order valence-electron chi connectivity index (χ1n) is 9.05. The molecule has 0 unspecified atom stereocenters. The van der Waals surface area contributed by atoms with Crippen molar-refractivity contribution in [3.05, 3.63) is 59.2 Å². The van der Waals surface area contributed by atoms with E-state index < -0.39 is 15.8 Å². The van der Waals surface area contributed by atoms with Gasteiger partial charge >= 0.3 is 0 Å². The maximum atomic E-state index is 12.4. The first-order chi connectivity index (χ1) is 13.3. The van der Waals surface area contributed by atoms with Crippen LogP contribution in [0.2, 0.25) is 5.02 Å². The summed E-state index contributed by atoms with van der Waals surface area (Å²) in [6, 6.07) is 12.1. The summed E-state index contributed by atoms with van der Waals surface area (Å²) >= 11 is 6.20. The number of benzene rings is 2. The molecule has 146 valence electrons. The van der Waals surface area contributed by atoms with Crippen molar-refractivity contribution in [3.8, 4) is 0 Å². The molecule has 9 heteroatoms. The van der Waals surface area contributed by atoms with Crippen molar-refractivity contribution < 1.29 is 13.5 Å². The van der Waals surface area contributed by atoms with Gasteiger partial charge in [0.05, 0.1) is 17.3 Å². The predicted molar refractivity (Wildman–Crippen MR) is 107 cm³/mol. The summed E-state index contributed by atoms with van der Waals surface area (Å²) in [4.78, 5) is 0. The standard InChI is InChI=1S/C19H19ClN4O3S/c20-11-6-16(15-10-21-22-17(15)7-11)19(25)8-13-14(9-19)18(13)24-28(26,27)23-12-4-2-1-3-5-12/h1-7,10,13-14,18,23-25H,8-9H2,(H,21,22)/t13-,14+,18-,19+. The number of fused-ring (bicyclic) bond motifs is 2. The van der Waals surface area contributed by atoms with Crippen LogP contribution in [0.1, 0.15) is 18.4 Å². The second-order valence-electron chi connectivity index (χ2n) is 7.67. The fraction of sp³-hybridized carbons (Fsp3) is 0.316. The number of aliphatic hydroxyl groups is 1. The first kappa shape index (κ1) is 17.9. The van der Waals surface area contributed by atoms with E-state index >= 15 is 0 Å². The zero-order chi connectivity index (χ0) is 19.5. The van der Waals surface area contributed by atoms with Crippen molar-refractivity contribution in [2.75, 3.05) is 4.72 Å². The SMILES string of the molecule is O=S(=O)(Nc1ccccc1)N[C@@H]1[C@@H]2C[C@@](O)(c3cc(Cl)cc4[nH]ncc34)C[C@@H]21. The number of nitrogens with one attached hydrogen (secondary N) is 3. The topological polar surface area (TPSA) is 107 Å². The number of halogens is 1. The maximum absolute atomic E-state index is 12.4. The minimum Gasteiger partial charge on any atom is -0.385 e. The van der Waals surface area contributed by atoms with E-state index in [-0.39, 0.29) is 17.9 Å². The molecule has 2 fully saturated rings. The Morgan fingerprint density at radius 1 is 1.18 bits per heavy atom. The Labute approximate surface area is 167 Å². The Bertz CT molecular complexity index is 1140. The van der Waals surface area contributed by atoms with Crippen LogP contribution in [-0.4, -0.2) is 29.8 Å². The van der Waals surface area contributed by atoms with Crippen molar-refractivity contribution in [1.29, 1.82) is 0 Å². The quantitative estimate of drug-likeness (QED) is 0.511. The molecule has 4 N–H and O–H groups in total. The van der Waals surface area contributed by atoms with Gasteiger partial charge in [0.1, 0.15) is 0 Å². The van der Waals surface area contributed by atoms with Gasteiger partial charge in [0.2, 0.25) is 0 Å². The molecule has 1 aromatic heterocycles. The number of aromatic amines is 1. The number of rotatable bonds is 5. The Balaban J connectivity index is 1.31. The van der Waals surface area contributed by atoms with Crippen LogP contribution in [0.25, 0.3) is 10.9 Å². The minimum absolute atomic E-state index is 0.0956. The molecule has 0 aliphatic heterocycles. The molecule has 2 saturated carbocycles. The molecule has 7 nitrogen and oxygen atoms in total. The van der Waals surface area contributed by atoms with Gasteiger partial charge in [-0.2, -0.15) is 18.2 Å². The average Bonchev–Trinajstić information content (AvgIpc) is 3.03. The number of nitrogens with zero attached hydrogens (tertiary/aromatic N) is 1. The van der Waals surface area contributed by atoms with E-state index in [2.05, 4.69) is 19.6 Å². The lowest BCUT2D eigenvalue weighted by Crippen LogP contribution is -2.36. The van der Waals surface area contributed by atoms with Crippen LogP contribution in [0.15, 0.2) is 48.7 Å². The van der Waals surface area contributed by atoms with Gasteiger partial charge in [-0.3, -0.25) is 9.82 Å². The summed E-state index contributed by atoms with van der Waals surface area (Å²) in [6.07, 6.45) is 2.65. The number of hydrogen-bond donors (Lipinski definition) is 4. The van der Waals surface area contributed by atoms with Crippen molar-refractivity contribution >= 4 is 38.4 Å². The highest BCUT2D eigenvalue weighted by molar-refractivity contribution is 7.90. The van der Waals surface area contributed by atoms with Crippen LogP contribution in [0.4, 0.5) is 5.69 Å². The maximum Gasteiger partial charge on any atom is 0.299 e. The minimum atomic E-state index is -3.67. The van der Waals surface area contributed by atoms with Crippen LogP contribution in [0, 0.1) is 11.8 Å². The summed E-state index contributed by atoms with van der Waals surface area (Å²) in [5.41, 5.74) is 1.01. The summed E-state index contributed by atoms with van der Waals surface area (Å²) in [7, 11) is -3.67. The van der Waals surface area contributed by atoms with E-state index in [0.29, 0.717) is 23.6 Å². The van der Waals surface area contributed by atoms with Gasteiger partial charge in [-0.05, 0) is 54.5 Å². The van der Waals surface area contributed by atoms with E-state index in [1.807, 2.05) is 6.07 Å². The molecule has 0 radical (unpaired) electrons. The zero-order valence-electron chi connectivity index (χ0n) is 14.8. The van der Waals surface area contributed by atoms with Gasteiger partial charge in [-0.1, -0.05) is 29.8 Å². The lowest BCUT2D eigenvalue weighted by Gasteiger charge is -2.27. The molecule has 0 saturated heterocycles. The third-order valence-electron chi connectivity index (χ3n) is 5.82. The second kappa shape index (κ2) is 6.18. The third kappa shape index (κ3) is 3.06. The van der Waals surface area contributed by atoms with Gasteiger partial charge in [0.25, 0.3) is 10.2 Å². The highest BCUT2D eigenvalue weighted by Crippen LogP contribution is 2.60. The molecular formula is C19H19ClN4O3S. The smallest absolute Gasteiger partial charge is 0.299 e. The van der Waals surface area contributed by atoms with Gasteiger partial charge in [-0.25, -0.2) is 0 Å². The molecule has 0 spiro atoms. The van der Waals surface area contributed by atoms with E-state index in [1.54, 1.807) is 42.6 Å². The molecule has 2 aliphatic rings. The summed E-state index contributed by atoms with van der Waals surface area (Å²) < 4.78 is 30.0. The van der Waals surface area contributed by atoms with Gasteiger partial charge in [0.15, 0.2) is 0 Å². The Hall–Kier alpha value is -2.13. The van der Waals surface area contributed by atoms with Crippen LogP contribution < -0.4 is 9.44 Å². The summed E-state index contributed by atoms with van der Waals surface area (Å²) in [6.45, 7) is 0. The molecule has 4 atom stereocenters. The molecule has 0 bridgehead atoms. The third-order valence-corrected chi connectivity index (χ3v) is 7.13. The molecule has 2 aromatic carbocycles. The lowest BCUT2D eigenvalue weighted by atomic mass is 9.86. The number of para-hydroxylation sites is 1. The van der Waals surface area contributed by atoms with E-state index in [9.17, 15) is 13.5 Å². The normalized spacial score (nSPS) is 29.0. The number of anilines is 1. The van der Waals surface area contributed by atoms with Crippen molar-refractivity contribution in [3.63, 3.8) is 0 Å². The molecular weight excluding hydrogens is 400 g/mol. The Morgan fingerprint density at radius 2 is 1.89 bits per heavy atom. The molecule has 0 amide bonds. The van der Waals surface area contributed by atoms with E-state index in [1.165, 1.54) is 0 Å². The average molecular weight is 419 g/mol. The molecule has 2 aliphatic carbocycles. The highest BCUT2D eigenvalue weighted by Gasteiger charge is 2.62. The number of aromatic nitrogens is 2. The summed E-state index contributed by atoms with van der Waals surface area (Å²) in [5, 5.41) is 19.6. The van der Waals surface area contributed by atoms with Gasteiger partial charge < -0.3 is 5.11 Å². The highest BCUT2D eigenvalue weighted by atomic mass is 35.5. The molecule has 5 rings (SSSR count). The molecule has 28 heavy (non-hydrogen) atoms. The Morgan fingerprint density at radius 3 is 2.61 bits per heavy atom. The van der Waals surface area contributed by atoms with Crippen LogP contribution >= 0.6 is 11.6 Å². The monoisotopic (exact) mass is 418 g/mol. The zero-order valence-corrected chi connectivity index (χ0v) is 16.3. The first-order valence-corrected chi connectivity index (χ1v) is 10.9. The molecule has 3 aromatic rings. The van der Waals surface area contributed by atoms with E-state index in [4.69, 9.17) is 11.6 Å². The Kier molecular flexibility index (Phi) is 3.96. The van der Waals surface area contributed by atoms with Crippen LogP contribution in [0.3, 0.4) is 0 Å². The van der Waals surface area contributed by atoms with Crippen molar-refractivity contribution in [2.24, 2.45) is 11.8 Å². The van der Waals surface area contributed by atoms with Crippen LogP contribution in [0.5, 0.6) is 0 Å². The fourth-order valence-corrected chi connectivity index (χ4v) is 5.96. The predicted octanol–water partition coefficient (Wildman–Crippen LogP) is 2.76. The number of hydrogen-bond acceptors (Lipinski definition) is 4. The number of H-pyrrole nitrogens is 1. The van der Waals surface area contributed by atoms with Gasteiger partial charge in [-0.15, -0.1) is 0 Å². The largest absolute Gasteiger partial charge is 0.385 e. The van der Waals surface area contributed by atoms with Crippen LogP contribution in [-0.2, 0) is 15.8 Å². The van der Waals surface area contributed by atoms with E-state index in [0.717, 1.165) is 16.5 Å². The van der Waals surface area contributed by atoms with Gasteiger partial charge in [0, 0.05) is 22.1 Å². The van der Waals surface area contributed by atoms with Crippen molar-refractivity contribution in [1.82, 2.24) is 14.9 Å². The molecule has 1 heterocycles. The fourth-order valence-electron chi connectivity index (χ4n) is 4.53. The lowest BCUT2D eigenvalue weighted by molar-refractivity contribution is 0.0303. The van der Waals surface area contributed by atoms with Crippen molar-refractivity contribution in [2.45, 2.75) is 24.5 Å². The summed E-state index contributed by atoms with van der Waals surface area (Å²) in [5.74, 6) is 0.191.